The average molecular weight is 736 g/mol. The second-order valence-corrected chi connectivity index (χ2v) is 13.0. The number of nitrogens with one attached hydrogen (secondary N) is 1. The minimum atomic E-state index is -1.66. The summed E-state index contributed by atoms with van der Waals surface area (Å²) < 4.78 is 26.8. The molecule has 1 saturated heterocycles. The van der Waals surface area contributed by atoms with Crippen molar-refractivity contribution in [1.29, 1.82) is 0 Å². The Hall–Kier alpha value is -5.04. The minimum absolute atomic E-state index is 0.0240. The van der Waals surface area contributed by atoms with Crippen molar-refractivity contribution in [2.24, 2.45) is 5.92 Å². The molecule has 6 rings (SSSR count). The first-order valence-corrected chi connectivity index (χ1v) is 16.9. The lowest BCUT2D eigenvalue weighted by atomic mass is 9.71. The number of anilines is 2. The highest BCUT2D eigenvalue weighted by atomic mass is 35.5. The Morgan fingerprint density at radius 1 is 1.08 bits per heavy atom. The van der Waals surface area contributed by atoms with Crippen molar-refractivity contribution >= 4 is 58.0 Å². The Kier molecular flexibility index (Phi) is 10.0. The number of nitro benzene ring substituents is 1. The van der Waals surface area contributed by atoms with Gasteiger partial charge in [0.25, 0.3) is 5.69 Å². The van der Waals surface area contributed by atoms with E-state index in [0.717, 1.165) is 18.7 Å². The molecule has 51 heavy (non-hydrogen) atoms. The molecule has 0 aliphatic carbocycles. The highest BCUT2D eigenvalue weighted by molar-refractivity contribution is 6.31. The van der Waals surface area contributed by atoms with Gasteiger partial charge >= 0.3 is 5.97 Å². The van der Waals surface area contributed by atoms with E-state index in [2.05, 4.69) is 5.32 Å². The van der Waals surface area contributed by atoms with Crippen LogP contribution in [0.5, 0.6) is 5.75 Å². The topological polar surface area (TPSA) is 131 Å². The maximum atomic E-state index is 16.3. The number of ether oxygens (including phenoxy) is 2. The Morgan fingerprint density at radius 3 is 2.55 bits per heavy atom. The predicted octanol–water partition coefficient (Wildman–Crippen LogP) is 7.34. The van der Waals surface area contributed by atoms with E-state index in [1.807, 2.05) is 30.0 Å². The zero-order chi connectivity index (χ0) is 36.6. The van der Waals surface area contributed by atoms with Crippen LogP contribution in [0.4, 0.5) is 21.5 Å². The van der Waals surface area contributed by atoms with Crippen molar-refractivity contribution in [3.05, 3.63) is 127 Å². The number of carbonyl (C=O) groups is 3. The van der Waals surface area contributed by atoms with Crippen LogP contribution in [0.25, 0.3) is 0 Å². The van der Waals surface area contributed by atoms with Gasteiger partial charge in [-0.15, -0.1) is 0 Å². The van der Waals surface area contributed by atoms with Crippen molar-refractivity contribution in [3.63, 3.8) is 0 Å². The van der Waals surface area contributed by atoms with Gasteiger partial charge < -0.3 is 19.7 Å². The monoisotopic (exact) mass is 734 g/mol. The molecule has 14 heteroatoms. The predicted molar refractivity (Wildman–Crippen MR) is 190 cm³/mol. The minimum Gasteiger partial charge on any atom is -0.494 e. The fourth-order valence-corrected chi connectivity index (χ4v) is 7.76. The molecule has 0 bridgehead atoms. The number of halogens is 3. The van der Waals surface area contributed by atoms with Crippen LogP contribution in [0.15, 0.2) is 78.9 Å². The van der Waals surface area contributed by atoms with Crippen molar-refractivity contribution in [1.82, 2.24) is 4.90 Å². The Labute approximate surface area is 303 Å². The molecule has 1 N–H and O–H groups in total. The summed E-state index contributed by atoms with van der Waals surface area (Å²) in [4.78, 5) is 56.6. The first kappa shape index (κ1) is 35.8. The number of benzene rings is 4. The first-order chi connectivity index (χ1) is 24.5. The van der Waals surface area contributed by atoms with Crippen LogP contribution in [0.2, 0.25) is 10.0 Å². The molecule has 0 aromatic heterocycles. The van der Waals surface area contributed by atoms with Crippen LogP contribution in [0.1, 0.15) is 46.8 Å². The van der Waals surface area contributed by atoms with Gasteiger partial charge in [0.1, 0.15) is 22.8 Å². The molecule has 2 aliphatic heterocycles. The zero-order valence-corrected chi connectivity index (χ0v) is 29.3. The molecule has 11 nitrogen and oxygen atoms in total. The van der Waals surface area contributed by atoms with Gasteiger partial charge in [0.05, 0.1) is 35.1 Å². The number of carbonyl (C=O) groups excluding carboxylic acids is 3. The highest BCUT2D eigenvalue weighted by Gasteiger charge is 2.65. The molecule has 3 atom stereocenters. The largest absolute Gasteiger partial charge is 0.494 e. The van der Waals surface area contributed by atoms with Crippen molar-refractivity contribution in [2.45, 2.75) is 31.8 Å². The van der Waals surface area contributed by atoms with Gasteiger partial charge in [-0.25, -0.2) is 9.18 Å². The van der Waals surface area contributed by atoms with Gasteiger partial charge in [-0.1, -0.05) is 53.5 Å². The summed E-state index contributed by atoms with van der Waals surface area (Å²) >= 11 is 12.7. The molecule has 1 fully saturated rings. The van der Waals surface area contributed by atoms with Gasteiger partial charge in [0, 0.05) is 47.9 Å². The van der Waals surface area contributed by atoms with Crippen molar-refractivity contribution in [3.8, 4) is 5.75 Å². The third-order valence-corrected chi connectivity index (χ3v) is 9.96. The maximum absolute atomic E-state index is 16.3. The number of fused-ring (bicyclic) bond motifs is 2. The molecule has 0 radical (unpaired) electrons. The summed E-state index contributed by atoms with van der Waals surface area (Å²) in [5, 5.41) is 15.4. The van der Waals surface area contributed by atoms with E-state index in [0.29, 0.717) is 28.6 Å². The summed E-state index contributed by atoms with van der Waals surface area (Å²) in [6, 6.07) is 20.3. The zero-order valence-electron chi connectivity index (χ0n) is 27.8. The van der Waals surface area contributed by atoms with E-state index in [-0.39, 0.29) is 41.5 Å². The summed E-state index contributed by atoms with van der Waals surface area (Å²) in [5.41, 5.74) is -0.649. The van der Waals surface area contributed by atoms with E-state index < -0.39 is 51.6 Å². The lowest BCUT2D eigenvalue weighted by molar-refractivity contribution is -0.384. The lowest BCUT2D eigenvalue weighted by Gasteiger charge is -2.38. The second-order valence-electron chi connectivity index (χ2n) is 12.1. The lowest BCUT2D eigenvalue weighted by Crippen LogP contribution is -2.50. The third-order valence-electron chi connectivity index (χ3n) is 9.44. The molecule has 0 saturated carbocycles. The normalized spacial score (nSPS) is 19.5. The first-order valence-electron chi connectivity index (χ1n) is 16.2. The maximum Gasteiger partial charge on any atom is 0.338 e. The second kappa shape index (κ2) is 14.3. The molecule has 2 heterocycles. The molecular weight excluding hydrogens is 702 g/mol. The van der Waals surface area contributed by atoms with Gasteiger partial charge in [-0.05, 0) is 67.4 Å². The number of hydrogen-bond acceptors (Lipinski definition) is 8. The molecule has 2 amide bonds. The van der Waals surface area contributed by atoms with Crippen molar-refractivity contribution < 1.29 is 33.2 Å². The van der Waals surface area contributed by atoms with E-state index in [1.165, 1.54) is 29.2 Å². The number of amides is 2. The Morgan fingerprint density at radius 2 is 1.84 bits per heavy atom. The average Bonchev–Trinajstić information content (AvgIpc) is 3.59. The van der Waals surface area contributed by atoms with Crippen LogP contribution in [-0.2, 0) is 26.4 Å². The third kappa shape index (κ3) is 6.17. The quantitative estimate of drug-likeness (QED) is 0.102. The van der Waals surface area contributed by atoms with E-state index >= 15 is 9.18 Å². The number of esters is 1. The molecule has 4 aromatic carbocycles. The van der Waals surface area contributed by atoms with Crippen LogP contribution in [-0.4, -0.2) is 54.4 Å². The smallest absolute Gasteiger partial charge is 0.338 e. The number of rotatable bonds is 10. The summed E-state index contributed by atoms with van der Waals surface area (Å²) in [6.07, 6.45) is 0. The Bertz CT molecular complexity index is 2060. The van der Waals surface area contributed by atoms with Gasteiger partial charge in [0.2, 0.25) is 11.8 Å². The van der Waals surface area contributed by atoms with Crippen LogP contribution >= 0.6 is 23.2 Å². The summed E-state index contributed by atoms with van der Waals surface area (Å²) in [6.45, 7) is 3.99. The fourth-order valence-electron chi connectivity index (χ4n) is 7.41. The molecule has 2 aliphatic rings. The molecule has 0 unspecified atom stereocenters. The van der Waals surface area contributed by atoms with Gasteiger partial charge in [-0.3, -0.25) is 24.6 Å². The fraction of sp³-hybridized carbons (Fsp3) is 0.270. The van der Waals surface area contributed by atoms with E-state index in [9.17, 15) is 19.7 Å². The molecule has 4 aromatic rings. The highest BCUT2D eigenvalue weighted by Crippen LogP contribution is 2.59. The van der Waals surface area contributed by atoms with Crippen molar-refractivity contribution in [2.75, 3.05) is 37.0 Å². The number of methoxy groups -OCH3 is 1. The number of nitro groups is 1. The van der Waals surface area contributed by atoms with Gasteiger partial charge in [-0.2, -0.15) is 0 Å². The van der Waals surface area contributed by atoms with Crippen LogP contribution in [0.3, 0.4) is 0 Å². The van der Waals surface area contributed by atoms with E-state index in [1.54, 1.807) is 37.3 Å². The Balaban J connectivity index is 1.57. The van der Waals surface area contributed by atoms with Crippen LogP contribution < -0.4 is 15.0 Å². The molecule has 264 valence electrons. The van der Waals surface area contributed by atoms with E-state index in [4.69, 9.17) is 32.7 Å². The van der Waals surface area contributed by atoms with Crippen LogP contribution in [0, 0.1) is 21.8 Å². The number of likely N-dealkylation sites (tertiary alicyclic amines) is 1. The van der Waals surface area contributed by atoms with Gasteiger partial charge in [0.15, 0.2) is 0 Å². The summed E-state index contributed by atoms with van der Waals surface area (Å²) in [7, 11) is 1.15. The summed E-state index contributed by atoms with van der Waals surface area (Å²) in [5.74, 6) is -4.40. The SMILES string of the molecule is CCOc1cccc(CN2C[C@@H](C(=O)N(CC)c3ccc(C(=O)OC)cc3[N+](=O)[O-])[C@H](c3cccc(Cl)c3F)[C@]23C(=O)Nc2cc(Cl)ccc23)c1. The standard InChI is InChI=1S/C37H33Cl2FN4O7/c1-4-43(30-15-12-22(35(46)50-3)17-31(30)44(48)49)34(45)26-20-42(19-21-8-6-9-24(16-21)51-5-2)37(32(26)25-10-7-11-28(39)33(25)40)27-14-13-23(38)18-29(27)41-36(37)47/h6-18,26,32H,4-5,19-20H2,1-3H3,(H,41,47)/t26-,32+,37-/m1/s1. The molecule has 1 spiro atoms. The number of hydrogen-bond donors (Lipinski definition) is 1. The number of nitrogens with zero attached hydrogens (tertiary/aromatic N) is 3. The molecular formula is C37H33Cl2FN4O7.